The number of nitrogens with zero attached hydrogens (tertiary/aromatic N) is 1. The molecule has 5 heteroatoms. The number of aromatic nitrogens is 1. The number of pyridine rings is 1. The lowest BCUT2D eigenvalue weighted by molar-refractivity contribution is 0.102. The molecule has 0 fully saturated rings. The van der Waals surface area contributed by atoms with Crippen molar-refractivity contribution >= 4 is 22.5 Å². The molecule has 0 saturated heterocycles. The third-order valence-electron chi connectivity index (χ3n) is 3.87. The number of benzene rings is 2. The molecule has 5 nitrogen and oxygen atoms in total. The van der Waals surface area contributed by atoms with Crippen LogP contribution in [0.3, 0.4) is 0 Å². The molecule has 24 heavy (non-hydrogen) atoms. The normalized spacial score (nSPS) is 10.5. The molecule has 0 aliphatic carbocycles. The third-order valence-corrected chi connectivity index (χ3v) is 3.87. The molecule has 0 radical (unpaired) electrons. The standard InChI is InChI=1S/C19H18N2O3/c1-12-10-17(23-2)18(24-3)11-16(12)21-19(22)14-8-9-20-15-7-5-4-6-13(14)15/h4-11H,1-3H3,(H,21,22). The minimum Gasteiger partial charge on any atom is -0.493 e. The van der Waals surface area contributed by atoms with Gasteiger partial charge in [0.1, 0.15) is 0 Å². The summed E-state index contributed by atoms with van der Waals surface area (Å²) in [5.41, 5.74) is 2.93. The van der Waals surface area contributed by atoms with Crippen molar-refractivity contribution in [2.45, 2.75) is 6.92 Å². The molecule has 1 aromatic heterocycles. The number of carbonyl (C=O) groups excluding carboxylic acids is 1. The van der Waals surface area contributed by atoms with Gasteiger partial charge < -0.3 is 14.8 Å². The average Bonchev–Trinajstić information content (AvgIpc) is 2.62. The van der Waals surface area contributed by atoms with E-state index in [1.54, 1.807) is 32.5 Å². The van der Waals surface area contributed by atoms with E-state index in [1.165, 1.54) is 0 Å². The zero-order valence-electron chi connectivity index (χ0n) is 13.8. The Hall–Kier alpha value is -3.08. The number of fused-ring (bicyclic) bond motifs is 1. The molecule has 0 aliphatic heterocycles. The van der Waals surface area contributed by atoms with Crippen molar-refractivity contribution < 1.29 is 14.3 Å². The molecule has 0 bridgehead atoms. The van der Waals surface area contributed by atoms with E-state index in [1.807, 2.05) is 37.3 Å². The Morgan fingerprint density at radius 3 is 2.50 bits per heavy atom. The molecule has 122 valence electrons. The quantitative estimate of drug-likeness (QED) is 0.793. The van der Waals surface area contributed by atoms with Crippen LogP contribution in [0.15, 0.2) is 48.7 Å². The van der Waals surface area contributed by atoms with Gasteiger partial charge in [-0.25, -0.2) is 0 Å². The lowest BCUT2D eigenvalue weighted by atomic mass is 10.1. The van der Waals surface area contributed by atoms with Gasteiger partial charge in [-0.3, -0.25) is 9.78 Å². The van der Waals surface area contributed by atoms with Crippen LogP contribution in [-0.2, 0) is 0 Å². The van der Waals surface area contributed by atoms with E-state index in [9.17, 15) is 4.79 Å². The molecule has 0 aliphatic rings. The van der Waals surface area contributed by atoms with Gasteiger partial charge in [0.2, 0.25) is 0 Å². The fourth-order valence-electron chi connectivity index (χ4n) is 2.60. The second kappa shape index (κ2) is 6.58. The van der Waals surface area contributed by atoms with Crippen LogP contribution in [0.2, 0.25) is 0 Å². The van der Waals surface area contributed by atoms with Gasteiger partial charge in [0.25, 0.3) is 5.91 Å². The number of methoxy groups -OCH3 is 2. The molecule has 1 heterocycles. The van der Waals surface area contributed by atoms with Gasteiger partial charge in [-0.1, -0.05) is 18.2 Å². The van der Waals surface area contributed by atoms with Crippen LogP contribution in [0.1, 0.15) is 15.9 Å². The van der Waals surface area contributed by atoms with E-state index in [2.05, 4.69) is 10.3 Å². The van der Waals surface area contributed by atoms with Crippen molar-refractivity contribution in [1.29, 1.82) is 0 Å². The smallest absolute Gasteiger partial charge is 0.256 e. The molecule has 0 saturated carbocycles. The summed E-state index contributed by atoms with van der Waals surface area (Å²) in [5, 5.41) is 3.76. The summed E-state index contributed by atoms with van der Waals surface area (Å²) >= 11 is 0. The molecular formula is C19H18N2O3. The first-order chi connectivity index (χ1) is 11.6. The highest BCUT2D eigenvalue weighted by molar-refractivity contribution is 6.12. The highest BCUT2D eigenvalue weighted by Crippen LogP contribution is 2.33. The fraction of sp³-hybridized carbons (Fsp3) is 0.158. The number of amides is 1. The minimum atomic E-state index is -0.191. The van der Waals surface area contributed by atoms with Gasteiger partial charge in [-0.2, -0.15) is 0 Å². The molecule has 0 spiro atoms. The van der Waals surface area contributed by atoms with Gasteiger partial charge in [0.15, 0.2) is 11.5 Å². The first-order valence-electron chi connectivity index (χ1n) is 7.51. The highest BCUT2D eigenvalue weighted by Gasteiger charge is 2.14. The lowest BCUT2D eigenvalue weighted by Crippen LogP contribution is -2.13. The number of ether oxygens (including phenoxy) is 2. The van der Waals surface area contributed by atoms with E-state index >= 15 is 0 Å². The molecular weight excluding hydrogens is 304 g/mol. The summed E-state index contributed by atoms with van der Waals surface area (Å²) in [4.78, 5) is 17.0. The fourth-order valence-corrected chi connectivity index (χ4v) is 2.60. The van der Waals surface area contributed by atoms with Gasteiger partial charge >= 0.3 is 0 Å². The number of aryl methyl sites for hydroxylation is 1. The second-order valence-corrected chi connectivity index (χ2v) is 5.35. The molecule has 3 rings (SSSR count). The summed E-state index contributed by atoms with van der Waals surface area (Å²) in [6, 6.07) is 12.9. The van der Waals surface area contributed by atoms with E-state index in [0.717, 1.165) is 16.5 Å². The number of rotatable bonds is 4. The van der Waals surface area contributed by atoms with Gasteiger partial charge in [-0.05, 0) is 30.7 Å². The molecule has 2 aromatic carbocycles. The van der Waals surface area contributed by atoms with Crippen LogP contribution < -0.4 is 14.8 Å². The molecule has 1 N–H and O–H groups in total. The van der Waals surface area contributed by atoms with E-state index < -0.39 is 0 Å². The van der Waals surface area contributed by atoms with E-state index in [4.69, 9.17) is 9.47 Å². The van der Waals surface area contributed by atoms with Crippen LogP contribution in [-0.4, -0.2) is 25.1 Å². The van der Waals surface area contributed by atoms with Gasteiger partial charge in [0.05, 0.1) is 25.3 Å². The Morgan fingerprint density at radius 2 is 1.75 bits per heavy atom. The number of hydrogen-bond donors (Lipinski definition) is 1. The SMILES string of the molecule is COc1cc(C)c(NC(=O)c2ccnc3ccccc23)cc1OC. The van der Waals surface area contributed by atoms with Gasteiger partial charge in [0, 0.05) is 23.3 Å². The van der Waals surface area contributed by atoms with Crippen LogP contribution in [0.5, 0.6) is 11.5 Å². The molecule has 3 aromatic rings. The molecule has 1 amide bonds. The van der Waals surface area contributed by atoms with Crippen molar-refractivity contribution in [3.63, 3.8) is 0 Å². The Labute approximate surface area is 140 Å². The predicted octanol–water partition coefficient (Wildman–Crippen LogP) is 3.81. The van der Waals surface area contributed by atoms with Crippen LogP contribution in [0, 0.1) is 6.92 Å². The first-order valence-corrected chi connectivity index (χ1v) is 7.51. The highest BCUT2D eigenvalue weighted by atomic mass is 16.5. The van der Waals surface area contributed by atoms with Crippen molar-refractivity contribution in [2.75, 3.05) is 19.5 Å². The van der Waals surface area contributed by atoms with Crippen LogP contribution in [0.25, 0.3) is 10.9 Å². The van der Waals surface area contributed by atoms with E-state index in [-0.39, 0.29) is 5.91 Å². The Kier molecular flexibility index (Phi) is 4.33. The minimum absolute atomic E-state index is 0.191. The second-order valence-electron chi connectivity index (χ2n) is 5.35. The predicted molar refractivity (Wildman–Crippen MR) is 94.0 cm³/mol. The summed E-state index contributed by atoms with van der Waals surface area (Å²) in [6.45, 7) is 1.90. The van der Waals surface area contributed by atoms with Crippen molar-refractivity contribution in [3.05, 3.63) is 59.8 Å². The largest absolute Gasteiger partial charge is 0.493 e. The maximum atomic E-state index is 12.7. The lowest BCUT2D eigenvalue weighted by Gasteiger charge is -2.14. The maximum absolute atomic E-state index is 12.7. The van der Waals surface area contributed by atoms with Gasteiger partial charge in [-0.15, -0.1) is 0 Å². The van der Waals surface area contributed by atoms with Crippen molar-refractivity contribution in [1.82, 2.24) is 4.98 Å². The molecule has 0 unspecified atom stereocenters. The topological polar surface area (TPSA) is 60.5 Å². The summed E-state index contributed by atoms with van der Waals surface area (Å²) in [6.07, 6.45) is 1.64. The maximum Gasteiger partial charge on any atom is 0.256 e. The summed E-state index contributed by atoms with van der Waals surface area (Å²) in [7, 11) is 3.15. The number of hydrogen-bond acceptors (Lipinski definition) is 4. The Balaban J connectivity index is 1.97. The summed E-state index contributed by atoms with van der Waals surface area (Å²) < 4.78 is 10.6. The van der Waals surface area contributed by atoms with Crippen molar-refractivity contribution in [3.8, 4) is 11.5 Å². The number of nitrogens with one attached hydrogen (secondary N) is 1. The van der Waals surface area contributed by atoms with Crippen molar-refractivity contribution in [2.24, 2.45) is 0 Å². The first kappa shape index (κ1) is 15.8. The van der Waals surface area contributed by atoms with E-state index in [0.29, 0.717) is 22.7 Å². The molecule has 0 atom stereocenters. The average molecular weight is 322 g/mol. The Morgan fingerprint density at radius 1 is 1.04 bits per heavy atom. The third kappa shape index (κ3) is 2.88. The van der Waals surface area contributed by atoms with Crippen LogP contribution in [0.4, 0.5) is 5.69 Å². The number of carbonyl (C=O) groups is 1. The number of anilines is 1. The monoisotopic (exact) mass is 322 g/mol. The number of para-hydroxylation sites is 1. The zero-order chi connectivity index (χ0) is 17.1. The summed E-state index contributed by atoms with van der Waals surface area (Å²) in [5.74, 6) is 1.00. The van der Waals surface area contributed by atoms with Crippen LogP contribution >= 0.6 is 0 Å². The zero-order valence-corrected chi connectivity index (χ0v) is 13.8. The Bertz CT molecular complexity index is 901.